The molecular formula is C18H27N3. The molecule has 3 heteroatoms. The molecule has 21 heavy (non-hydrogen) atoms. The van der Waals surface area contributed by atoms with Crippen LogP contribution in [0, 0.1) is 0 Å². The van der Waals surface area contributed by atoms with E-state index in [2.05, 4.69) is 68.2 Å². The van der Waals surface area contributed by atoms with E-state index in [1.54, 1.807) is 0 Å². The third kappa shape index (κ3) is 3.94. The van der Waals surface area contributed by atoms with Crippen LogP contribution in [0.3, 0.4) is 0 Å². The number of para-hydroxylation sites is 1. The van der Waals surface area contributed by atoms with Gasteiger partial charge < -0.3 is 10.2 Å². The maximum absolute atomic E-state index is 4.93. The number of hydrogen-bond donors (Lipinski definition) is 1. The monoisotopic (exact) mass is 285 g/mol. The van der Waals surface area contributed by atoms with Crippen LogP contribution in [0.2, 0.25) is 0 Å². The van der Waals surface area contributed by atoms with Crippen LogP contribution in [-0.2, 0) is 6.54 Å². The van der Waals surface area contributed by atoms with E-state index < -0.39 is 0 Å². The van der Waals surface area contributed by atoms with Crippen LogP contribution >= 0.6 is 0 Å². The van der Waals surface area contributed by atoms with Crippen LogP contribution in [0.5, 0.6) is 0 Å². The highest BCUT2D eigenvalue weighted by Crippen LogP contribution is 2.24. The lowest BCUT2D eigenvalue weighted by Crippen LogP contribution is -2.28. The first-order chi connectivity index (χ1) is 10.2. The zero-order valence-corrected chi connectivity index (χ0v) is 13.7. The number of fused-ring (bicyclic) bond motifs is 1. The predicted molar refractivity (Wildman–Crippen MR) is 91.9 cm³/mol. The average Bonchev–Trinajstić information content (AvgIpc) is 2.49. The lowest BCUT2D eigenvalue weighted by molar-refractivity contribution is 0.587. The van der Waals surface area contributed by atoms with Crippen molar-refractivity contribution in [2.45, 2.75) is 46.7 Å². The molecular weight excluding hydrogens is 258 g/mol. The van der Waals surface area contributed by atoms with Gasteiger partial charge in [0.05, 0.1) is 5.52 Å². The van der Waals surface area contributed by atoms with Gasteiger partial charge in [0.2, 0.25) is 0 Å². The number of anilines is 1. The van der Waals surface area contributed by atoms with Crippen molar-refractivity contribution in [1.82, 2.24) is 10.3 Å². The Kier molecular flexibility index (Phi) is 5.57. The van der Waals surface area contributed by atoms with Gasteiger partial charge in [-0.3, -0.25) is 0 Å². The van der Waals surface area contributed by atoms with Crippen LogP contribution in [0.25, 0.3) is 10.9 Å². The summed E-state index contributed by atoms with van der Waals surface area (Å²) in [5, 5.41) is 4.74. The molecule has 0 aliphatic heterocycles. The second kappa shape index (κ2) is 7.41. The summed E-state index contributed by atoms with van der Waals surface area (Å²) < 4.78 is 0. The molecule has 0 atom stereocenters. The molecule has 0 aliphatic rings. The van der Waals surface area contributed by atoms with Gasteiger partial charge in [-0.1, -0.05) is 39.0 Å². The molecule has 0 bridgehead atoms. The van der Waals surface area contributed by atoms with E-state index >= 15 is 0 Å². The number of nitrogens with zero attached hydrogens (tertiary/aromatic N) is 2. The van der Waals surface area contributed by atoms with Gasteiger partial charge >= 0.3 is 0 Å². The summed E-state index contributed by atoms with van der Waals surface area (Å²) in [5.41, 5.74) is 2.37. The Hall–Kier alpha value is -1.61. The first-order valence-electron chi connectivity index (χ1n) is 8.02. The van der Waals surface area contributed by atoms with E-state index in [4.69, 9.17) is 4.98 Å². The number of pyridine rings is 1. The smallest absolute Gasteiger partial charge is 0.133 e. The van der Waals surface area contributed by atoms with E-state index in [0.717, 1.165) is 37.4 Å². The zero-order valence-electron chi connectivity index (χ0n) is 13.7. The van der Waals surface area contributed by atoms with E-state index in [9.17, 15) is 0 Å². The normalized spacial score (nSPS) is 11.3. The number of hydrogen-bond acceptors (Lipinski definition) is 3. The fraction of sp³-hybridized carbons (Fsp3) is 0.500. The molecule has 0 spiro atoms. The topological polar surface area (TPSA) is 28.2 Å². The second-order valence-electron chi connectivity index (χ2n) is 5.78. The summed E-state index contributed by atoms with van der Waals surface area (Å²) in [7, 11) is 0. The fourth-order valence-electron chi connectivity index (χ4n) is 2.55. The van der Waals surface area contributed by atoms with Crippen molar-refractivity contribution < 1.29 is 0 Å². The minimum atomic E-state index is 0.477. The molecule has 2 aromatic rings. The molecule has 1 heterocycles. The molecule has 2 rings (SSSR count). The standard InChI is InChI=1S/C18H27N3/c1-5-11-21(6-2)18-16(13-19-14(3)4)12-15-9-7-8-10-17(15)20-18/h7-10,12,14,19H,5-6,11,13H2,1-4H3. The summed E-state index contributed by atoms with van der Waals surface area (Å²) in [6, 6.07) is 11.1. The Balaban J connectivity index is 2.44. The van der Waals surface area contributed by atoms with Gasteiger partial charge in [-0.25, -0.2) is 4.98 Å². The Morgan fingerprint density at radius 1 is 1.19 bits per heavy atom. The zero-order chi connectivity index (χ0) is 15.2. The lowest BCUT2D eigenvalue weighted by Gasteiger charge is -2.25. The molecule has 0 unspecified atom stereocenters. The molecule has 1 N–H and O–H groups in total. The van der Waals surface area contributed by atoms with Gasteiger partial charge in [0.15, 0.2) is 0 Å². The number of aromatic nitrogens is 1. The first kappa shape index (κ1) is 15.8. The van der Waals surface area contributed by atoms with Gasteiger partial charge in [-0.05, 0) is 25.5 Å². The maximum atomic E-state index is 4.93. The van der Waals surface area contributed by atoms with E-state index in [1.165, 1.54) is 10.9 Å². The van der Waals surface area contributed by atoms with Crippen molar-refractivity contribution in [3.05, 3.63) is 35.9 Å². The number of benzene rings is 1. The summed E-state index contributed by atoms with van der Waals surface area (Å²) >= 11 is 0. The molecule has 0 saturated carbocycles. The minimum absolute atomic E-state index is 0.477. The molecule has 0 radical (unpaired) electrons. The molecule has 0 aliphatic carbocycles. The van der Waals surface area contributed by atoms with Gasteiger partial charge in [-0.15, -0.1) is 0 Å². The Labute approximate surface area is 128 Å². The molecule has 1 aromatic heterocycles. The Morgan fingerprint density at radius 3 is 2.62 bits per heavy atom. The highest BCUT2D eigenvalue weighted by atomic mass is 15.2. The summed E-state index contributed by atoms with van der Waals surface area (Å²) in [6.45, 7) is 11.7. The molecule has 0 saturated heterocycles. The maximum Gasteiger partial charge on any atom is 0.133 e. The lowest BCUT2D eigenvalue weighted by atomic mass is 10.1. The SMILES string of the molecule is CCCN(CC)c1nc2ccccc2cc1CNC(C)C. The number of nitrogens with one attached hydrogen (secondary N) is 1. The van der Waals surface area contributed by atoms with Crippen LogP contribution in [0.1, 0.15) is 39.7 Å². The Morgan fingerprint density at radius 2 is 1.95 bits per heavy atom. The van der Waals surface area contributed by atoms with Crippen molar-refractivity contribution >= 4 is 16.7 Å². The van der Waals surface area contributed by atoms with E-state index in [0.29, 0.717) is 6.04 Å². The quantitative estimate of drug-likeness (QED) is 0.834. The van der Waals surface area contributed by atoms with Gasteiger partial charge in [-0.2, -0.15) is 0 Å². The van der Waals surface area contributed by atoms with E-state index in [1.807, 2.05) is 0 Å². The molecule has 1 aromatic carbocycles. The Bertz CT molecular complexity index is 578. The van der Waals surface area contributed by atoms with Crippen LogP contribution in [0.15, 0.2) is 30.3 Å². The van der Waals surface area contributed by atoms with Crippen molar-refractivity contribution in [2.75, 3.05) is 18.0 Å². The summed E-state index contributed by atoms with van der Waals surface area (Å²) in [6.07, 6.45) is 1.14. The van der Waals surface area contributed by atoms with Crippen LogP contribution < -0.4 is 10.2 Å². The molecule has 3 nitrogen and oxygen atoms in total. The van der Waals surface area contributed by atoms with E-state index in [-0.39, 0.29) is 0 Å². The van der Waals surface area contributed by atoms with Gasteiger partial charge in [0.25, 0.3) is 0 Å². The summed E-state index contributed by atoms with van der Waals surface area (Å²) in [5.74, 6) is 1.13. The highest BCUT2D eigenvalue weighted by Gasteiger charge is 2.12. The highest BCUT2D eigenvalue weighted by molar-refractivity contribution is 5.81. The second-order valence-corrected chi connectivity index (χ2v) is 5.78. The third-order valence-electron chi connectivity index (χ3n) is 3.66. The predicted octanol–water partition coefficient (Wildman–Crippen LogP) is 3.97. The van der Waals surface area contributed by atoms with Gasteiger partial charge in [0, 0.05) is 36.6 Å². The van der Waals surface area contributed by atoms with Crippen LogP contribution in [0.4, 0.5) is 5.82 Å². The van der Waals surface area contributed by atoms with Crippen LogP contribution in [-0.4, -0.2) is 24.1 Å². The molecule has 0 amide bonds. The molecule has 0 fully saturated rings. The third-order valence-corrected chi connectivity index (χ3v) is 3.66. The summed E-state index contributed by atoms with van der Waals surface area (Å²) in [4.78, 5) is 7.31. The fourth-order valence-corrected chi connectivity index (χ4v) is 2.55. The number of rotatable bonds is 7. The van der Waals surface area contributed by atoms with Crippen molar-refractivity contribution in [3.8, 4) is 0 Å². The largest absolute Gasteiger partial charge is 0.357 e. The first-order valence-corrected chi connectivity index (χ1v) is 8.02. The van der Waals surface area contributed by atoms with Crippen molar-refractivity contribution in [3.63, 3.8) is 0 Å². The van der Waals surface area contributed by atoms with Gasteiger partial charge in [0.1, 0.15) is 5.82 Å². The minimum Gasteiger partial charge on any atom is -0.357 e. The molecule has 114 valence electrons. The van der Waals surface area contributed by atoms with Crippen molar-refractivity contribution in [2.24, 2.45) is 0 Å². The average molecular weight is 285 g/mol. The van der Waals surface area contributed by atoms with Crippen molar-refractivity contribution in [1.29, 1.82) is 0 Å².